The van der Waals surface area contributed by atoms with Crippen LogP contribution >= 0.6 is 11.8 Å². The summed E-state index contributed by atoms with van der Waals surface area (Å²) in [5.41, 5.74) is 0.681. The van der Waals surface area contributed by atoms with Crippen molar-refractivity contribution in [3.05, 3.63) is 72.5 Å². The number of anilines is 1. The van der Waals surface area contributed by atoms with Gasteiger partial charge in [-0.3, -0.25) is 9.59 Å². The van der Waals surface area contributed by atoms with E-state index in [9.17, 15) is 14.0 Å². The van der Waals surface area contributed by atoms with Gasteiger partial charge in [0.05, 0.1) is 6.42 Å². The lowest BCUT2D eigenvalue weighted by Crippen LogP contribution is -2.21. The highest BCUT2D eigenvalue weighted by molar-refractivity contribution is 7.99. The van der Waals surface area contributed by atoms with Crippen molar-refractivity contribution in [1.82, 2.24) is 0 Å². The Bertz CT molecular complexity index is 938. The highest BCUT2D eigenvalue weighted by Gasteiger charge is 2.09. The van der Waals surface area contributed by atoms with Crippen LogP contribution in [0, 0.1) is 5.82 Å². The number of ether oxygens (including phenoxy) is 1. The fraction of sp³-hybridized carbons (Fsp3) is 0.143. The molecule has 4 nitrogen and oxygen atoms in total. The van der Waals surface area contributed by atoms with E-state index in [2.05, 4.69) is 5.32 Å². The number of benzene rings is 3. The second-order valence-electron chi connectivity index (χ2n) is 5.79. The Morgan fingerprint density at radius 3 is 2.52 bits per heavy atom. The molecule has 0 aliphatic heterocycles. The number of rotatable bonds is 7. The van der Waals surface area contributed by atoms with Crippen LogP contribution in [-0.4, -0.2) is 24.2 Å². The van der Waals surface area contributed by atoms with Crippen molar-refractivity contribution in [1.29, 1.82) is 0 Å². The average Bonchev–Trinajstić information content (AvgIpc) is 2.68. The predicted octanol–water partition coefficient (Wildman–Crippen LogP) is 4.64. The van der Waals surface area contributed by atoms with Gasteiger partial charge in [0.15, 0.2) is 6.61 Å². The Morgan fingerprint density at radius 2 is 1.70 bits per heavy atom. The molecule has 0 aliphatic rings. The van der Waals surface area contributed by atoms with Crippen molar-refractivity contribution in [3.8, 4) is 0 Å². The van der Waals surface area contributed by atoms with E-state index in [1.807, 2.05) is 36.4 Å². The highest BCUT2D eigenvalue weighted by Crippen LogP contribution is 2.23. The first-order valence-corrected chi connectivity index (χ1v) is 9.42. The van der Waals surface area contributed by atoms with Crippen LogP contribution < -0.4 is 5.32 Å². The summed E-state index contributed by atoms with van der Waals surface area (Å²) >= 11 is 1.43. The molecule has 6 heteroatoms. The molecule has 0 aromatic heterocycles. The number of carbonyl (C=O) groups excluding carboxylic acids is 2. The number of hydrogen-bond acceptors (Lipinski definition) is 4. The lowest BCUT2D eigenvalue weighted by Gasteiger charge is -2.09. The zero-order valence-electron chi connectivity index (χ0n) is 14.5. The van der Waals surface area contributed by atoms with Crippen molar-refractivity contribution in [2.45, 2.75) is 11.3 Å². The number of hydrogen-bond donors (Lipinski definition) is 1. The van der Waals surface area contributed by atoms with Crippen LogP contribution in [0.1, 0.15) is 6.42 Å². The van der Waals surface area contributed by atoms with Gasteiger partial charge >= 0.3 is 5.97 Å². The topological polar surface area (TPSA) is 55.4 Å². The number of amides is 1. The molecule has 0 heterocycles. The van der Waals surface area contributed by atoms with E-state index < -0.39 is 5.97 Å². The first-order chi connectivity index (χ1) is 13.1. The van der Waals surface area contributed by atoms with Gasteiger partial charge in [-0.15, -0.1) is 11.8 Å². The number of halogens is 1. The van der Waals surface area contributed by atoms with Gasteiger partial charge in [0.1, 0.15) is 5.82 Å². The zero-order chi connectivity index (χ0) is 19.1. The molecule has 0 spiro atoms. The average molecular weight is 383 g/mol. The Balaban J connectivity index is 1.43. The third-order valence-electron chi connectivity index (χ3n) is 3.82. The monoisotopic (exact) mass is 383 g/mol. The maximum Gasteiger partial charge on any atom is 0.307 e. The molecule has 3 rings (SSSR count). The number of thioether (sulfide) groups is 1. The molecular weight excluding hydrogens is 365 g/mol. The molecule has 138 valence electrons. The third-order valence-corrected chi connectivity index (χ3v) is 4.83. The molecule has 0 radical (unpaired) electrons. The van der Waals surface area contributed by atoms with Crippen LogP contribution in [0.4, 0.5) is 10.1 Å². The van der Waals surface area contributed by atoms with Crippen LogP contribution in [0.5, 0.6) is 0 Å². The highest BCUT2D eigenvalue weighted by atomic mass is 32.2. The minimum absolute atomic E-state index is 0.170. The molecular formula is C21H18FNO3S. The summed E-state index contributed by atoms with van der Waals surface area (Å²) in [6.45, 7) is -0.330. The standard InChI is InChI=1S/C21H18FNO3S/c22-16-8-10-17(11-9-16)27-13-12-21(25)26-14-20(24)23-19-7-3-5-15-4-1-2-6-18(15)19/h1-11H,12-14H2,(H,23,24). The Kier molecular flexibility index (Phi) is 6.44. The van der Waals surface area contributed by atoms with E-state index in [-0.39, 0.29) is 24.8 Å². The fourth-order valence-electron chi connectivity index (χ4n) is 2.52. The van der Waals surface area contributed by atoms with E-state index in [1.54, 1.807) is 18.2 Å². The lowest BCUT2D eigenvalue weighted by molar-refractivity contribution is -0.146. The third kappa shape index (κ3) is 5.56. The normalized spacial score (nSPS) is 10.6. The SMILES string of the molecule is O=C(COC(=O)CCSc1ccc(F)cc1)Nc1cccc2ccccc12. The molecule has 0 bridgehead atoms. The minimum atomic E-state index is -0.447. The predicted molar refractivity (Wildman–Crippen MR) is 105 cm³/mol. The summed E-state index contributed by atoms with van der Waals surface area (Å²) in [5.74, 6) is -0.630. The van der Waals surface area contributed by atoms with Gasteiger partial charge in [-0.2, -0.15) is 0 Å². The molecule has 3 aromatic carbocycles. The number of carbonyl (C=O) groups is 2. The first-order valence-electron chi connectivity index (χ1n) is 8.43. The van der Waals surface area contributed by atoms with Gasteiger partial charge in [-0.05, 0) is 35.7 Å². The number of esters is 1. The Hall–Kier alpha value is -2.86. The molecule has 0 atom stereocenters. The van der Waals surface area contributed by atoms with Crippen LogP contribution in [0.25, 0.3) is 10.8 Å². The van der Waals surface area contributed by atoms with E-state index in [0.29, 0.717) is 11.4 Å². The van der Waals surface area contributed by atoms with Crippen LogP contribution in [0.3, 0.4) is 0 Å². The van der Waals surface area contributed by atoms with E-state index in [0.717, 1.165) is 15.7 Å². The number of fused-ring (bicyclic) bond motifs is 1. The second kappa shape index (κ2) is 9.19. The smallest absolute Gasteiger partial charge is 0.307 e. The van der Waals surface area contributed by atoms with Gasteiger partial charge in [0, 0.05) is 21.7 Å². The van der Waals surface area contributed by atoms with Gasteiger partial charge in [0.2, 0.25) is 0 Å². The molecule has 1 amide bonds. The molecule has 27 heavy (non-hydrogen) atoms. The minimum Gasteiger partial charge on any atom is -0.456 e. The van der Waals surface area contributed by atoms with Gasteiger partial charge in [-0.1, -0.05) is 36.4 Å². The molecule has 0 aliphatic carbocycles. The summed E-state index contributed by atoms with van der Waals surface area (Å²) in [7, 11) is 0. The molecule has 3 aromatic rings. The van der Waals surface area contributed by atoms with E-state index in [4.69, 9.17) is 4.74 Å². The van der Waals surface area contributed by atoms with Crippen molar-refractivity contribution >= 4 is 40.1 Å². The summed E-state index contributed by atoms with van der Waals surface area (Å²) in [6.07, 6.45) is 0.170. The summed E-state index contributed by atoms with van der Waals surface area (Å²) in [4.78, 5) is 24.7. The van der Waals surface area contributed by atoms with E-state index in [1.165, 1.54) is 23.9 Å². The van der Waals surface area contributed by atoms with Crippen molar-refractivity contribution in [3.63, 3.8) is 0 Å². The summed E-state index contributed by atoms with van der Waals surface area (Å²) in [5, 5.41) is 4.72. The molecule has 0 fully saturated rings. The van der Waals surface area contributed by atoms with Crippen molar-refractivity contribution in [2.75, 3.05) is 17.7 Å². The lowest BCUT2D eigenvalue weighted by atomic mass is 10.1. The van der Waals surface area contributed by atoms with Gasteiger partial charge in [0.25, 0.3) is 5.91 Å². The van der Waals surface area contributed by atoms with Crippen LogP contribution in [0.2, 0.25) is 0 Å². The maximum atomic E-state index is 12.8. The van der Waals surface area contributed by atoms with Gasteiger partial charge in [-0.25, -0.2) is 4.39 Å². The largest absolute Gasteiger partial charge is 0.456 e. The Labute approximate surface area is 160 Å². The fourth-order valence-corrected chi connectivity index (χ4v) is 3.35. The Morgan fingerprint density at radius 1 is 0.963 bits per heavy atom. The quantitative estimate of drug-likeness (QED) is 0.477. The maximum absolute atomic E-state index is 12.8. The number of nitrogens with one attached hydrogen (secondary N) is 1. The molecule has 0 saturated carbocycles. The second-order valence-corrected chi connectivity index (χ2v) is 6.96. The van der Waals surface area contributed by atoms with Crippen molar-refractivity contribution in [2.24, 2.45) is 0 Å². The summed E-state index contributed by atoms with van der Waals surface area (Å²) < 4.78 is 17.9. The first kappa shape index (κ1) is 18.9. The van der Waals surface area contributed by atoms with Gasteiger partial charge < -0.3 is 10.1 Å². The molecule has 0 unspecified atom stereocenters. The van der Waals surface area contributed by atoms with E-state index >= 15 is 0 Å². The van der Waals surface area contributed by atoms with Crippen LogP contribution in [-0.2, 0) is 14.3 Å². The van der Waals surface area contributed by atoms with Crippen LogP contribution in [0.15, 0.2) is 71.6 Å². The summed E-state index contributed by atoms with van der Waals surface area (Å²) in [6, 6.07) is 19.4. The molecule has 1 N–H and O–H groups in total. The van der Waals surface area contributed by atoms with Crippen molar-refractivity contribution < 1.29 is 18.7 Å². The molecule has 0 saturated heterocycles. The zero-order valence-corrected chi connectivity index (χ0v) is 15.3.